The summed E-state index contributed by atoms with van der Waals surface area (Å²) in [6.45, 7) is 2.01. The van der Waals surface area contributed by atoms with E-state index in [1.54, 1.807) is 36.9 Å². The Hall–Kier alpha value is -2.94. The van der Waals surface area contributed by atoms with E-state index in [2.05, 4.69) is 4.99 Å². The lowest BCUT2D eigenvalue weighted by Gasteiger charge is -2.13. The Balaban J connectivity index is 1.62. The predicted molar refractivity (Wildman–Crippen MR) is 112 cm³/mol. The van der Waals surface area contributed by atoms with Gasteiger partial charge in [0.25, 0.3) is 0 Å². The molecule has 0 bridgehead atoms. The summed E-state index contributed by atoms with van der Waals surface area (Å²) in [5.74, 6) is 1.64. The Kier molecular flexibility index (Phi) is 5.70. The lowest BCUT2D eigenvalue weighted by Crippen LogP contribution is -2.17. The average Bonchev–Trinajstić information content (AvgIpc) is 3.07. The number of hydrogen-bond donors (Lipinski definition) is 1. The van der Waals surface area contributed by atoms with Gasteiger partial charge in [-0.25, -0.2) is 4.79 Å². The second-order valence-electron chi connectivity index (χ2n) is 7.08. The largest absolute Gasteiger partial charge is 0.507 e. The monoisotopic (exact) mass is 449 g/mol. The minimum atomic E-state index is -4.44. The third-order valence-corrected chi connectivity index (χ3v) is 6.07. The Bertz CT molecular complexity index is 1200. The molecule has 0 aliphatic carbocycles. The molecule has 3 heterocycles. The molecule has 0 saturated carbocycles. The molecule has 1 unspecified atom stereocenters. The zero-order valence-corrected chi connectivity index (χ0v) is 17.2. The molecule has 162 valence electrons. The van der Waals surface area contributed by atoms with Crippen molar-refractivity contribution in [2.75, 3.05) is 12.3 Å². The fraction of sp³-hybridized carbons (Fsp3) is 0.273. The molecule has 1 atom stereocenters. The summed E-state index contributed by atoms with van der Waals surface area (Å²) in [4.78, 5) is 16.7. The van der Waals surface area contributed by atoms with E-state index in [0.29, 0.717) is 47.3 Å². The van der Waals surface area contributed by atoms with Crippen molar-refractivity contribution in [1.82, 2.24) is 0 Å². The Morgan fingerprint density at radius 2 is 1.97 bits per heavy atom. The van der Waals surface area contributed by atoms with Gasteiger partial charge in [-0.3, -0.25) is 4.99 Å². The summed E-state index contributed by atoms with van der Waals surface area (Å²) >= 11 is 1.56. The molecule has 2 aromatic heterocycles. The van der Waals surface area contributed by atoms with Gasteiger partial charge in [-0.1, -0.05) is 12.1 Å². The molecule has 0 saturated heterocycles. The number of furan rings is 1. The van der Waals surface area contributed by atoms with E-state index >= 15 is 0 Å². The minimum absolute atomic E-state index is 0.0303. The highest BCUT2D eigenvalue weighted by atomic mass is 32.2. The van der Waals surface area contributed by atoms with Crippen molar-refractivity contribution in [1.29, 1.82) is 0 Å². The fourth-order valence-corrected chi connectivity index (χ4v) is 4.48. The van der Waals surface area contributed by atoms with Crippen LogP contribution in [-0.4, -0.2) is 23.1 Å². The molecule has 0 spiro atoms. The van der Waals surface area contributed by atoms with E-state index in [9.17, 15) is 23.1 Å². The summed E-state index contributed by atoms with van der Waals surface area (Å²) < 4.78 is 50.1. The minimum Gasteiger partial charge on any atom is -0.507 e. The quantitative estimate of drug-likeness (QED) is 0.563. The molecule has 0 fully saturated rings. The predicted octanol–water partition coefficient (Wildman–Crippen LogP) is 5.60. The highest BCUT2D eigenvalue weighted by Crippen LogP contribution is 2.39. The van der Waals surface area contributed by atoms with Gasteiger partial charge in [-0.2, -0.15) is 13.2 Å². The third-order valence-electron chi connectivity index (χ3n) is 4.85. The van der Waals surface area contributed by atoms with Crippen molar-refractivity contribution in [2.24, 2.45) is 4.99 Å². The number of thioether (sulfide) groups is 1. The molecule has 5 nitrogen and oxygen atoms in total. The van der Waals surface area contributed by atoms with Gasteiger partial charge in [0.15, 0.2) is 0 Å². The molecule has 0 amide bonds. The molecular formula is C22H18F3NO4S. The molecular weight excluding hydrogens is 431 g/mol. The normalized spacial score (nSPS) is 17.3. The molecule has 31 heavy (non-hydrogen) atoms. The SMILES string of the molecule is Cc1cc(O)c(C2=NCCSC(c3ccc(-c4cccc(C(F)(F)F)c4)o3)C2)c(=O)o1. The van der Waals surface area contributed by atoms with Crippen LogP contribution in [0.5, 0.6) is 5.75 Å². The zero-order chi connectivity index (χ0) is 22.2. The van der Waals surface area contributed by atoms with Crippen LogP contribution in [0.1, 0.15) is 34.3 Å². The van der Waals surface area contributed by atoms with Crippen LogP contribution in [0, 0.1) is 6.92 Å². The Morgan fingerprint density at radius 1 is 1.16 bits per heavy atom. The van der Waals surface area contributed by atoms with E-state index in [1.165, 1.54) is 12.1 Å². The van der Waals surface area contributed by atoms with Crippen LogP contribution < -0.4 is 5.63 Å². The fourth-order valence-electron chi connectivity index (χ4n) is 3.43. The number of halogens is 3. The van der Waals surface area contributed by atoms with Crippen LogP contribution in [0.25, 0.3) is 11.3 Å². The lowest BCUT2D eigenvalue weighted by atomic mass is 10.0. The number of alkyl halides is 3. The van der Waals surface area contributed by atoms with Gasteiger partial charge < -0.3 is 13.9 Å². The van der Waals surface area contributed by atoms with Crippen LogP contribution in [0.15, 0.2) is 61.1 Å². The summed E-state index contributed by atoms with van der Waals surface area (Å²) in [6, 6.07) is 9.66. The molecule has 9 heteroatoms. The Morgan fingerprint density at radius 3 is 2.71 bits per heavy atom. The zero-order valence-electron chi connectivity index (χ0n) is 16.4. The standard InChI is InChI=1S/C22H18F3NO4S/c1-12-9-16(27)20(21(28)29-12)15-11-19(31-8-7-26-15)18-6-5-17(30-18)13-3-2-4-14(10-13)22(23,24)25/h2-6,9-10,19,27H,7-8,11H2,1H3. The molecule has 1 N–H and O–H groups in total. The van der Waals surface area contributed by atoms with Crippen LogP contribution >= 0.6 is 11.8 Å². The number of aromatic hydroxyl groups is 1. The smallest absolute Gasteiger partial charge is 0.416 e. The topological polar surface area (TPSA) is 75.9 Å². The maximum absolute atomic E-state index is 13.0. The lowest BCUT2D eigenvalue weighted by molar-refractivity contribution is -0.137. The van der Waals surface area contributed by atoms with Gasteiger partial charge in [0.05, 0.1) is 16.5 Å². The van der Waals surface area contributed by atoms with Gasteiger partial charge in [0.1, 0.15) is 28.6 Å². The van der Waals surface area contributed by atoms with Gasteiger partial charge in [0, 0.05) is 30.3 Å². The molecule has 1 aliphatic rings. The highest BCUT2D eigenvalue weighted by molar-refractivity contribution is 7.99. The molecule has 0 radical (unpaired) electrons. The number of benzene rings is 1. The third kappa shape index (κ3) is 4.56. The molecule has 1 aliphatic heterocycles. The van der Waals surface area contributed by atoms with E-state index in [-0.39, 0.29) is 16.6 Å². The summed E-state index contributed by atoms with van der Waals surface area (Å²) in [6.07, 6.45) is -4.13. The first-order valence-corrected chi connectivity index (χ1v) is 10.5. The van der Waals surface area contributed by atoms with Gasteiger partial charge in [-0.15, -0.1) is 11.8 Å². The Labute approximate surface area is 179 Å². The summed E-state index contributed by atoms with van der Waals surface area (Å²) in [5, 5.41) is 10.0. The van der Waals surface area contributed by atoms with Crippen LogP contribution in [0.2, 0.25) is 0 Å². The first kappa shape index (κ1) is 21.3. The van der Waals surface area contributed by atoms with Crippen LogP contribution in [0.4, 0.5) is 13.2 Å². The van der Waals surface area contributed by atoms with Crippen LogP contribution in [-0.2, 0) is 6.18 Å². The molecule has 4 rings (SSSR count). The van der Waals surface area contributed by atoms with Crippen molar-refractivity contribution in [2.45, 2.75) is 24.8 Å². The van der Waals surface area contributed by atoms with Crippen molar-refractivity contribution in [3.63, 3.8) is 0 Å². The average molecular weight is 449 g/mol. The number of hydrogen-bond acceptors (Lipinski definition) is 6. The first-order valence-electron chi connectivity index (χ1n) is 9.49. The summed E-state index contributed by atoms with van der Waals surface area (Å²) in [7, 11) is 0. The number of aryl methyl sites for hydroxylation is 1. The second-order valence-corrected chi connectivity index (χ2v) is 8.39. The maximum atomic E-state index is 13.0. The van der Waals surface area contributed by atoms with E-state index in [4.69, 9.17) is 8.83 Å². The molecule has 1 aromatic carbocycles. The highest BCUT2D eigenvalue weighted by Gasteiger charge is 2.31. The van der Waals surface area contributed by atoms with Crippen molar-refractivity contribution in [3.05, 3.63) is 75.5 Å². The first-order chi connectivity index (χ1) is 14.7. The van der Waals surface area contributed by atoms with Crippen LogP contribution in [0.3, 0.4) is 0 Å². The van der Waals surface area contributed by atoms with E-state index in [1.807, 2.05) is 0 Å². The van der Waals surface area contributed by atoms with Crippen molar-refractivity contribution in [3.8, 4) is 17.1 Å². The number of aliphatic imine (C=N–C) groups is 1. The maximum Gasteiger partial charge on any atom is 0.416 e. The van der Waals surface area contributed by atoms with Crippen molar-refractivity contribution >= 4 is 17.5 Å². The number of nitrogens with zero attached hydrogens (tertiary/aromatic N) is 1. The number of rotatable bonds is 3. The van der Waals surface area contributed by atoms with E-state index in [0.717, 1.165) is 12.1 Å². The van der Waals surface area contributed by atoms with Gasteiger partial charge >= 0.3 is 11.8 Å². The van der Waals surface area contributed by atoms with Gasteiger partial charge in [0.2, 0.25) is 0 Å². The van der Waals surface area contributed by atoms with Crippen molar-refractivity contribution < 1.29 is 27.1 Å². The van der Waals surface area contributed by atoms with E-state index < -0.39 is 17.4 Å². The van der Waals surface area contributed by atoms with Gasteiger partial charge in [-0.05, 0) is 31.2 Å². The summed E-state index contributed by atoms with van der Waals surface area (Å²) in [5.41, 5.74) is -0.639. The molecule has 3 aromatic rings. The second kappa shape index (κ2) is 8.30.